The third kappa shape index (κ3) is 8.48. The Balaban J connectivity index is 1.86. The molecule has 3 N–H and O–H groups in total. The number of nitrogens with one attached hydrogen (secondary N) is 3. The smallest absolute Gasteiger partial charge is 0.243 e. The van der Waals surface area contributed by atoms with Crippen molar-refractivity contribution in [2.75, 3.05) is 20.1 Å². The zero-order valence-electron chi connectivity index (χ0n) is 22.9. The monoisotopic (exact) mass is 544 g/mol. The number of carbonyl (C=O) groups excluding carboxylic acids is 3. The number of nitrogens with zero attached hydrogens (tertiary/aromatic N) is 1. The molecule has 1 aliphatic rings. The molecule has 0 radical (unpaired) electrons. The first kappa shape index (κ1) is 30.0. The van der Waals surface area contributed by atoms with Crippen LogP contribution in [0, 0.1) is 11.6 Å². The van der Waals surface area contributed by atoms with Crippen LogP contribution in [0.4, 0.5) is 8.78 Å². The molecule has 0 saturated carbocycles. The number of likely N-dealkylation sites (N-methyl/N-ethyl adjacent to an activating group) is 1. The number of rotatable bonds is 3. The van der Waals surface area contributed by atoms with E-state index in [9.17, 15) is 23.2 Å². The topological polar surface area (TPSA) is 99.8 Å². The highest BCUT2D eigenvalue weighted by Crippen LogP contribution is 2.23. The van der Waals surface area contributed by atoms with E-state index in [-0.39, 0.29) is 18.4 Å². The van der Waals surface area contributed by atoms with E-state index in [1.54, 1.807) is 32.2 Å². The summed E-state index contributed by atoms with van der Waals surface area (Å²) in [5.41, 5.74) is 1.47. The maximum atomic E-state index is 14.0. The normalized spacial score (nSPS) is 24.1. The van der Waals surface area contributed by atoms with Crippen LogP contribution in [-0.4, -0.2) is 67.0 Å². The van der Waals surface area contributed by atoms with Gasteiger partial charge in [-0.1, -0.05) is 25.1 Å². The number of hydrogen-bond acceptors (Lipinski definition) is 5. The lowest BCUT2D eigenvalue weighted by Crippen LogP contribution is -2.56. The van der Waals surface area contributed by atoms with E-state index in [0.717, 1.165) is 5.56 Å². The first-order chi connectivity index (χ1) is 18.6. The number of amides is 3. The Bertz CT molecular complexity index is 1140. The van der Waals surface area contributed by atoms with Gasteiger partial charge in [-0.3, -0.25) is 14.4 Å². The lowest BCUT2D eigenvalue weighted by atomic mass is 10.0. The van der Waals surface area contributed by atoms with Crippen molar-refractivity contribution in [3.8, 4) is 5.75 Å². The quantitative estimate of drug-likeness (QED) is 0.552. The molecule has 0 bridgehead atoms. The Morgan fingerprint density at radius 2 is 1.67 bits per heavy atom. The average Bonchev–Trinajstić information content (AvgIpc) is 2.91. The van der Waals surface area contributed by atoms with Crippen LogP contribution in [0.2, 0.25) is 0 Å². The molecule has 8 nitrogen and oxygen atoms in total. The van der Waals surface area contributed by atoms with Gasteiger partial charge in [0.05, 0.1) is 6.04 Å². The predicted octanol–water partition coefficient (Wildman–Crippen LogP) is 2.74. The maximum Gasteiger partial charge on any atom is 0.243 e. The van der Waals surface area contributed by atoms with Crippen LogP contribution >= 0.6 is 0 Å². The van der Waals surface area contributed by atoms with E-state index in [1.165, 1.54) is 29.2 Å². The van der Waals surface area contributed by atoms with Crippen LogP contribution in [-0.2, 0) is 27.2 Å². The van der Waals surface area contributed by atoms with Crippen molar-refractivity contribution in [2.24, 2.45) is 0 Å². The molecule has 2 aromatic rings. The maximum absolute atomic E-state index is 14.0. The number of hydrogen-bond donors (Lipinski definition) is 3. The Hall–Kier alpha value is -3.53. The summed E-state index contributed by atoms with van der Waals surface area (Å²) >= 11 is 0. The van der Waals surface area contributed by atoms with Gasteiger partial charge in [0.25, 0.3) is 0 Å². The molecule has 10 heteroatoms. The summed E-state index contributed by atoms with van der Waals surface area (Å²) in [5.74, 6) is -1.55. The van der Waals surface area contributed by atoms with Crippen molar-refractivity contribution < 1.29 is 27.9 Å². The minimum absolute atomic E-state index is 0.148. The molecule has 3 rings (SSSR count). The number of ether oxygens (including phenoxy) is 1. The van der Waals surface area contributed by atoms with Crippen molar-refractivity contribution in [1.29, 1.82) is 0 Å². The highest BCUT2D eigenvalue weighted by Gasteiger charge is 2.30. The van der Waals surface area contributed by atoms with Gasteiger partial charge in [-0.2, -0.15) is 0 Å². The molecule has 0 aliphatic carbocycles. The fraction of sp³-hybridized carbons (Fsp3) is 0.483. The SMILES string of the molecule is CCC1NC[C@@H](C)Oc2cc(F)ccc2CCCNC(=O)[C@@H](Cc2ccc(F)cc2)NC(=O)[C@@H](C)N(C)C1=O. The Kier molecular flexibility index (Phi) is 10.8. The molecule has 4 atom stereocenters. The third-order valence-corrected chi connectivity index (χ3v) is 6.93. The minimum Gasteiger partial charge on any atom is -0.489 e. The van der Waals surface area contributed by atoms with E-state index >= 15 is 0 Å². The van der Waals surface area contributed by atoms with Gasteiger partial charge >= 0.3 is 0 Å². The molecule has 2 aromatic carbocycles. The van der Waals surface area contributed by atoms with Crippen LogP contribution in [0.25, 0.3) is 0 Å². The fourth-order valence-electron chi connectivity index (χ4n) is 4.40. The van der Waals surface area contributed by atoms with Gasteiger partial charge in [-0.05, 0) is 62.4 Å². The van der Waals surface area contributed by atoms with E-state index in [2.05, 4.69) is 16.0 Å². The van der Waals surface area contributed by atoms with Gasteiger partial charge in [-0.25, -0.2) is 8.78 Å². The van der Waals surface area contributed by atoms with E-state index < -0.39 is 41.6 Å². The molecule has 0 saturated heterocycles. The van der Waals surface area contributed by atoms with Gasteiger partial charge in [0.15, 0.2) is 0 Å². The fourth-order valence-corrected chi connectivity index (χ4v) is 4.40. The lowest BCUT2D eigenvalue weighted by molar-refractivity contribution is -0.140. The lowest BCUT2D eigenvalue weighted by Gasteiger charge is -2.30. The van der Waals surface area contributed by atoms with Crippen molar-refractivity contribution >= 4 is 17.7 Å². The summed E-state index contributed by atoms with van der Waals surface area (Å²) in [6.45, 7) is 5.94. The van der Waals surface area contributed by atoms with Gasteiger partial charge in [0.1, 0.15) is 35.6 Å². The first-order valence-electron chi connectivity index (χ1n) is 13.4. The van der Waals surface area contributed by atoms with Crippen molar-refractivity contribution in [2.45, 2.75) is 70.7 Å². The van der Waals surface area contributed by atoms with Crippen LogP contribution in [0.3, 0.4) is 0 Å². The summed E-state index contributed by atoms with van der Waals surface area (Å²) in [4.78, 5) is 40.9. The Morgan fingerprint density at radius 3 is 2.36 bits per heavy atom. The summed E-state index contributed by atoms with van der Waals surface area (Å²) in [6, 6.07) is 7.75. The van der Waals surface area contributed by atoms with Gasteiger partial charge < -0.3 is 25.6 Å². The van der Waals surface area contributed by atoms with E-state index in [1.807, 2.05) is 13.8 Å². The molecule has 1 heterocycles. The first-order valence-corrected chi connectivity index (χ1v) is 13.4. The molecule has 212 valence electrons. The highest BCUT2D eigenvalue weighted by molar-refractivity contribution is 5.92. The summed E-state index contributed by atoms with van der Waals surface area (Å²) in [5, 5.41) is 8.83. The zero-order valence-corrected chi connectivity index (χ0v) is 22.9. The number of fused-ring (bicyclic) bond motifs is 1. The van der Waals surface area contributed by atoms with Crippen molar-refractivity contribution in [1.82, 2.24) is 20.9 Å². The van der Waals surface area contributed by atoms with Crippen molar-refractivity contribution in [3.05, 3.63) is 65.2 Å². The van der Waals surface area contributed by atoms with E-state index in [0.29, 0.717) is 43.7 Å². The standard InChI is InChI=1S/C29H38F2N4O4/c1-5-24-29(38)35(4)19(3)27(36)34-25(15-20-8-11-22(30)12-9-20)28(37)32-14-6-7-21-10-13-23(31)16-26(21)39-18(2)17-33-24/h8-13,16,18-19,24-25,33H,5-7,14-15,17H2,1-4H3,(H,32,37)(H,34,36)/t18-,19-,24?,25-/m1/s1. The summed E-state index contributed by atoms with van der Waals surface area (Å²) < 4.78 is 33.4. The van der Waals surface area contributed by atoms with Crippen LogP contribution in [0.1, 0.15) is 44.7 Å². The second-order valence-corrected chi connectivity index (χ2v) is 9.96. The van der Waals surface area contributed by atoms with Crippen LogP contribution < -0.4 is 20.7 Å². The Morgan fingerprint density at radius 1 is 0.974 bits per heavy atom. The van der Waals surface area contributed by atoms with Crippen molar-refractivity contribution in [3.63, 3.8) is 0 Å². The number of benzene rings is 2. The average molecular weight is 545 g/mol. The summed E-state index contributed by atoms with van der Waals surface area (Å²) in [7, 11) is 1.54. The Labute approximate surface area is 228 Å². The van der Waals surface area contributed by atoms with Gasteiger partial charge in [0.2, 0.25) is 17.7 Å². The summed E-state index contributed by atoms with van der Waals surface area (Å²) in [6.07, 6.45) is 1.36. The number of aryl methyl sites for hydroxylation is 1. The molecule has 0 spiro atoms. The molecule has 3 amide bonds. The molecule has 1 aliphatic heterocycles. The largest absolute Gasteiger partial charge is 0.489 e. The predicted molar refractivity (Wildman–Crippen MR) is 144 cm³/mol. The third-order valence-electron chi connectivity index (χ3n) is 6.93. The number of carbonyl (C=O) groups is 3. The van der Waals surface area contributed by atoms with Gasteiger partial charge in [-0.15, -0.1) is 0 Å². The minimum atomic E-state index is -0.932. The van der Waals surface area contributed by atoms with Gasteiger partial charge in [0, 0.05) is 32.6 Å². The molecule has 39 heavy (non-hydrogen) atoms. The molecule has 0 aromatic heterocycles. The molecule has 0 fully saturated rings. The molecular weight excluding hydrogens is 506 g/mol. The second-order valence-electron chi connectivity index (χ2n) is 9.96. The van der Waals surface area contributed by atoms with E-state index in [4.69, 9.17) is 4.74 Å². The second kappa shape index (κ2) is 14.0. The van der Waals surface area contributed by atoms with Crippen LogP contribution in [0.15, 0.2) is 42.5 Å². The van der Waals surface area contributed by atoms with Crippen LogP contribution in [0.5, 0.6) is 5.75 Å². The molecule has 1 unspecified atom stereocenters. The highest BCUT2D eigenvalue weighted by atomic mass is 19.1. The zero-order chi connectivity index (χ0) is 28.5. The molecular formula is C29H38F2N4O4. The number of halogens is 2.